The van der Waals surface area contributed by atoms with E-state index in [1.165, 1.54) is 0 Å². The van der Waals surface area contributed by atoms with Crippen LogP contribution in [0.5, 0.6) is 0 Å². The van der Waals surface area contributed by atoms with Gasteiger partial charge in [-0.1, -0.05) is 0 Å². The second kappa shape index (κ2) is 7.64. The number of halogens is 3. The maximum Gasteiger partial charge on any atom is 0.329 e. The van der Waals surface area contributed by atoms with Crippen LogP contribution in [0, 0.1) is 11.6 Å². The number of aliphatic carboxylic acids is 1. The number of urea groups is 1. The first-order valence-corrected chi connectivity index (χ1v) is 6.14. The first-order valence-electron chi connectivity index (χ1n) is 5.34. The van der Waals surface area contributed by atoms with Crippen LogP contribution in [-0.2, 0) is 14.3 Å². The average Bonchev–Trinajstić information content (AvgIpc) is 2.35. The lowest BCUT2D eigenvalue weighted by Crippen LogP contribution is -2.37. The third-order valence-corrected chi connectivity index (χ3v) is 2.58. The van der Waals surface area contributed by atoms with Crippen molar-refractivity contribution in [1.82, 2.24) is 5.32 Å². The number of benzene rings is 1. The van der Waals surface area contributed by atoms with Crippen LogP contribution in [0.4, 0.5) is 19.3 Å². The molecule has 3 amide bonds. The van der Waals surface area contributed by atoms with Gasteiger partial charge in [0.1, 0.15) is 24.8 Å². The topological polar surface area (TPSA) is 105 Å². The highest BCUT2D eigenvalue weighted by Crippen LogP contribution is 2.23. The molecule has 21 heavy (non-hydrogen) atoms. The summed E-state index contributed by atoms with van der Waals surface area (Å²) in [5.74, 6) is -3.93. The van der Waals surface area contributed by atoms with Crippen LogP contribution < -0.4 is 10.6 Å². The quantitative estimate of drug-likeness (QED) is 0.684. The molecule has 0 aromatic heterocycles. The van der Waals surface area contributed by atoms with Crippen LogP contribution in [0.1, 0.15) is 0 Å². The van der Waals surface area contributed by atoms with Gasteiger partial charge in [0.25, 0.3) is 5.91 Å². The second-order valence-corrected chi connectivity index (χ2v) is 4.49. The summed E-state index contributed by atoms with van der Waals surface area (Å²) in [6.45, 7) is -1.38. The molecule has 0 fully saturated rings. The minimum absolute atomic E-state index is 0.121. The highest BCUT2D eigenvalue weighted by molar-refractivity contribution is 9.10. The van der Waals surface area contributed by atoms with Crippen molar-refractivity contribution in [3.8, 4) is 0 Å². The van der Waals surface area contributed by atoms with Crippen molar-refractivity contribution in [1.29, 1.82) is 0 Å². The molecule has 0 heterocycles. The molecule has 10 heteroatoms. The van der Waals surface area contributed by atoms with Gasteiger partial charge in [0.05, 0.1) is 10.2 Å². The summed E-state index contributed by atoms with van der Waals surface area (Å²) >= 11 is 2.76. The van der Waals surface area contributed by atoms with Crippen LogP contribution >= 0.6 is 15.9 Å². The van der Waals surface area contributed by atoms with Crippen molar-refractivity contribution >= 4 is 39.5 Å². The van der Waals surface area contributed by atoms with Crippen LogP contribution in [0.3, 0.4) is 0 Å². The van der Waals surface area contributed by atoms with Gasteiger partial charge in [-0.2, -0.15) is 0 Å². The predicted octanol–water partition coefficient (Wildman–Crippen LogP) is 1.48. The number of carbonyl (C=O) groups is 3. The highest BCUT2D eigenvalue weighted by Gasteiger charge is 2.13. The van der Waals surface area contributed by atoms with Gasteiger partial charge in [-0.3, -0.25) is 10.1 Å². The Balaban J connectivity index is 2.52. The molecular weight excluding hydrogens is 358 g/mol. The molecule has 0 aliphatic rings. The van der Waals surface area contributed by atoms with Gasteiger partial charge in [-0.25, -0.2) is 18.4 Å². The van der Waals surface area contributed by atoms with Crippen molar-refractivity contribution in [3.05, 3.63) is 28.2 Å². The molecular formula is C11H9BrF2N2O5. The number of rotatable bonds is 5. The van der Waals surface area contributed by atoms with Crippen molar-refractivity contribution in [2.75, 3.05) is 18.5 Å². The Morgan fingerprint density at radius 2 is 1.86 bits per heavy atom. The van der Waals surface area contributed by atoms with E-state index in [1.807, 2.05) is 5.32 Å². The van der Waals surface area contributed by atoms with Crippen molar-refractivity contribution in [2.24, 2.45) is 0 Å². The number of hydrogen-bond donors (Lipinski definition) is 3. The van der Waals surface area contributed by atoms with Gasteiger partial charge in [0.15, 0.2) is 0 Å². The number of carbonyl (C=O) groups excluding carboxylic acids is 2. The molecule has 1 rings (SSSR count). The molecule has 114 valence electrons. The summed E-state index contributed by atoms with van der Waals surface area (Å²) in [5, 5.41) is 12.0. The molecule has 1 aromatic rings. The smallest absolute Gasteiger partial charge is 0.329 e. The lowest BCUT2D eigenvalue weighted by Gasteiger charge is -2.08. The zero-order valence-electron chi connectivity index (χ0n) is 10.3. The van der Waals surface area contributed by atoms with Crippen LogP contribution in [0.25, 0.3) is 0 Å². The maximum absolute atomic E-state index is 13.4. The fourth-order valence-electron chi connectivity index (χ4n) is 1.17. The average molecular weight is 367 g/mol. The van der Waals surface area contributed by atoms with E-state index in [1.54, 1.807) is 5.32 Å². The largest absolute Gasteiger partial charge is 0.480 e. The van der Waals surface area contributed by atoms with Gasteiger partial charge < -0.3 is 15.2 Å². The molecule has 0 aliphatic heterocycles. The van der Waals surface area contributed by atoms with Crippen LogP contribution in [0.15, 0.2) is 16.6 Å². The Labute approximate surface area is 125 Å². The van der Waals surface area contributed by atoms with E-state index in [9.17, 15) is 23.2 Å². The Bertz CT molecular complexity index is 582. The van der Waals surface area contributed by atoms with Crippen LogP contribution in [-0.4, -0.2) is 36.2 Å². The number of ether oxygens (including phenoxy) is 1. The molecule has 0 bridgehead atoms. The number of carboxylic acid groups (broad SMARTS) is 1. The minimum atomic E-state index is -1.28. The Morgan fingerprint density at radius 3 is 2.48 bits per heavy atom. The Morgan fingerprint density at radius 1 is 1.19 bits per heavy atom. The number of carboxylic acids is 1. The van der Waals surface area contributed by atoms with Gasteiger partial charge >= 0.3 is 12.0 Å². The molecule has 3 N–H and O–H groups in total. The van der Waals surface area contributed by atoms with E-state index in [2.05, 4.69) is 20.7 Å². The molecule has 0 atom stereocenters. The van der Waals surface area contributed by atoms with Crippen molar-refractivity contribution < 1.29 is 33.0 Å². The monoisotopic (exact) mass is 366 g/mol. The maximum atomic E-state index is 13.4. The number of anilines is 1. The van der Waals surface area contributed by atoms with Crippen molar-refractivity contribution in [3.63, 3.8) is 0 Å². The number of hydrogen-bond acceptors (Lipinski definition) is 4. The summed E-state index contributed by atoms with van der Waals surface area (Å²) in [6, 6.07) is 0.423. The third-order valence-electron chi connectivity index (χ3n) is 1.97. The molecule has 1 aromatic carbocycles. The van der Waals surface area contributed by atoms with E-state index in [-0.39, 0.29) is 4.47 Å². The fourth-order valence-corrected chi connectivity index (χ4v) is 1.48. The Hall–Kier alpha value is -2.07. The molecule has 7 nitrogen and oxygen atoms in total. The summed E-state index contributed by atoms with van der Waals surface area (Å²) in [7, 11) is 0. The number of nitrogens with one attached hydrogen (secondary N) is 2. The molecule has 0 radical (unpaired) electrons. The summed E-state index contributed by atoms with van der Waals surface area (Å²) in [4.78, 5) is 32.6. The lowest BCUT2D eigenvalue weighted by molar-refractivity contribution is -0.143. The molecule has 0 spiro atoms. The fraction of sp³-hybridized carbons (Fsp3) is 0.182. The first kappa shape index (κ1) is 17.0. The highest BCUT2D eigenvalue weighted by atomic mass is 79.9. The molecule has 0 saturated heterocycles. The second-order valence-electron chi connectivity index (χ2n) is 3.64. The normalized spacial score (nSPS) is 10.0. The van der Waals surface area contributed by atoms with Gasteiger partial charge in [0.2, 0.25) is 0 Å². The van der Waals surface area contributed by atoms with Crippen molar-refractivity contribution in [2.45, 2.75) is 0 Å². The zero-order valence-corrected chi connectivity index (χ0v) is 11.9. The van der Waals surface area contributed by atoms with Gasteiger partial charge in [0, 0.05) is 6.07 Å². The van der Waals surface area contributed by atoms with Gasteiger partial charge in [-0.15, -0.1) is 0 Å². The number of imide groups is 1. The molecule has 0 saturated carbocycles. The third kappa shape index (κ3) is 5.83. The van der Waals surface area contributed by atoms with Crippen LogP contribution in [0.2, 0.25) is 0 Å². The predicted molar refractivity (Wildman–Crippen MR) is 69.7 cm³/mol. The van der Waals surface area contributed by atoms with E-state index >= 15 is 0 Å². The number of amides is 3. The summed E-state index contributed by atoms with van der Waals surface area (Å²) in [5.41, 5.74) is -0.465. The summed E-state index contributed by atoms with van der Waals surface area (Å²) in [6.07, 6.45) is 0. The SMILES string of the molecule is O=C(O)COCC(=O)NC(=O)Nc1cc(F)c(Br)cc1F. The van der Waals surface area contributed by atoms with E-state index in [0.717, 1.165) is 12.1 Å². The molecule has 0 unspecified atom stereocenters. The first-order chi connectivity index (χ1) is 9.79. The zero-order chi connectivity index (χ0) is 16.0. The standard InChI is InChI=1S/C11H9BrF2N2O5/c12-5-1-7(14)8(2-6(5)13)15-11(20)16-9(17)3-21-4-10(18)19/h1-2H,3-4H2,(H,18,19)(H2,15,16,17,20). The summed E-state index contributed by atoms with van der Waals surface area (Å²) < 4.78 is 30.9. The van der Waals surface area contributed by atoms with E-state index < -0.39 is 48.4 Å². The Kier molecular flexibility index (Phi) is 6.18. The van der Waals surface area contributed by atoms with E-state index in [0.29, 0.717) is 0 Å². The molecule has 0 aliphatic carbocycles. The van der Waals surface area contributed by atoms with E-state index in [4.69, 9.17) is 5.11 Å². The minimum Gasteiger partial charge on any atom is -0.480 e. The lowest BCUT2D eigenvalue weighted by atomic mass is 10.3. The van der Waals surface area contributed by atoms with Gasteiger partial charge in [-0.05, 0) is 22.0 Å².